The minimum absolute atomic E-state index is 0.0842. The molecule has 0 aromatic heterocycles. The maximum Gasteiger partial charge on any atom is 0.254 e. The van der Waals surface area contributed by atoms with E-state index in [9.17, 15) is 9.59 Å². The number of carbonyl (C=O) groups excluding carboxylic acids is 2. The molecule has 0 heterocycles. The van der Waals surface area contributed by atoms with Gasteiger partial charge < -0.3 is 5.32 Å². The van der Waals surface area contributed by atoms with Crippen molar-refractivity contribution in [3.8, 4) is 6.07 Å². The Morgan fingerprint density at radius 3 is 2.44 bits per heavy atom. The Morgan fingerprint density at radius 1 is 1.08 bits per heavy atom. The summed E-state index contributed by atoms with van der Waals surface area (Å²) in [6, 6.07) is 17.5. The third-order valence-corrected chi connectivity index (χ3v) is 3.53. The molecule has 0 spiro atoms. The van der Waals surface area contributed by atoms with Crippen LogP contribution in [0, 0.1) is 11.3 Å². The highest BCUT2D eigenvalue weighted by Crippen LogP contribution is 2.14. The molecule has 2 rings (SSSR count). The topological polar surface area (TPSA) is 94.3 Å². The van der Waals surface area contributed by atoms with E-state index >= 15 is 0 Å². The first-order chi connectivity index (χ1) is 12.1. The van der Waals surface area contributed by atoms with Gasteiger partial charge in [-0.15, -0.1) is 0 Å². The minimum Gasteiger partial charge on any atom is -0.346 e. The number of nitrogens with zero attached hydrogens (tertiary/aromatic N) is 2. The van der Waals surface area contributed by atoms with E-state index in [0.29, 0.717) is 16.3 Å². The quantitative estimate of drug-likeness (QED) is 0.616. The molecule has 0 aliphatic heterocycles. The van der Waals surface area contributed by atoms with Crippen molar-refractivity contribution < 1.29 is 9.59 Å². The molecule has 0 fully saturated rings. The van der Waals surface area contributed by atoms with Crippen molar-refractivity contribution in [3.63, 3.8) is 0 Å². The number of nitrogens with one attached hydrogen (secondary N) is 2. The van der Waals surface area contributed by atoms with Crippen LogP contribution in [-0.2, 0) is 4.79 Å². The number of hydrazone groups is 1. The molecule has 0 saturated heterocycles. The van der Waals surface area contributed by atoms with Gasteiger partial charge in [0.2, 0.25) is 0 Å². The van der Waals surface area contributed by atoms with E-state index in [4.69, 9.17) is 16.9 Å². The smallest absolute Gasteiger partial charge is 0.254 e. The average molecular weight is 355 g/mol. The highest BCUT2D eigenvalue weighted by atomic mass is 35.5. The number of halogens is 1. The number of hydrogen-bond acceptors (Lipinski definition) is 4. The van der Waals surface area contributed by atoms with E-state index < -0.39 is 5.91 Å². The van der Waals surface area contributed by atoms with Gasteiger partial charge >= 0.3 is 0 Å². The first-order valence-corrected chi connectivity index (χ1v) is 7.80. The van der Waals surface area contributed by atoms with Crippen LogP contribution in [0.2, 0.25) is 5.02 Å². The molecular weight excluding hydrogens is 340 g/mol. The molecule has 0 atom stereocenters. The van der Waals surface area contributed by atoms with Crippen LogP contribution < -0.4 is 10.7 Å². The van der Waals surface area contributed by atoms with Crippen LogP contribution in [0.15, 0.2) is 59.7 Å². The average Bonchev–Trinajstić information content (AvgIpc) is 2.63. The molecular formula is C18H15ClN4O2. The van der Waals surface area contributed by atoms with Crippen LogP contribution in [-0.4, -0.2) is 24.1 Å². The Bertz CT molecular complexity index is 828. The zero-order valence-corrected chi connectivity index (χ0v) is 14.0. The standard InChI is InChI=1S/C18H15ClN4O2/c19-15-9-5-4-8-14(15)18(25)21-12-16(13-6-2-1-3-7-13)22-23-17(24)10-11-20/h1-9H,10,12H2,(H,21,25)(H,23,24)/b22-16-. The van der Waals surface area contributed by atoms with Crippen LogP contribution in [0.5, 0.6) is 0 Å². The van der Waals surface area contributed by atoms with Gasteiger partial charge in [-0.2, -0.15) is 10.4 Å². The van der Waals surface area contributed by atoms with E-state index in [1.165, 1.54) is 0 Å². The molecule has 2 aromatic rings. The number of hydrogen-bond donors (Lipinski definition) is 2. The molecule has 6 nitrogen and oxygen atoms in total. The molecule has 0 radical (unpaired) electrons. The van der Waals surface area contributed by atoms with E-state index in [0.717, 1.165) is 5.56 Å². The van der Waals surface area contributed by atoms with Crippen molar-refractivity contribution >= 4 is 29.1 Å². The maximum atomic E-state index is 12.3. The molecule has 0 unspecified atom stereocenters. The van der Waals surface area contributed by atoms with Gasteiger partial charge in [0, 0.05) is 0 Å². The predicted molar refractivity (Wildman–Crippen MR) is 95.1 cm³/mol. The van der Waals surface area contributed by atoms with E-state index in [1.807, 2.05) is 18.2 Å². The van der Waals surface area contributed by atoms with Gasteiger partial charge in [0.15, 0.2) is 0 Å². The van der Waals surface area contributed by atoms with Crippen LogP contribution in [0.4, 0.5) is 0 Å². The molecule has 0 saturated carbocycles. The number of benzene rings is 2. The maximum absolute atomic E-state index is 12.3. The number of amides is 2. The first kappa shape index (κ1) is 18.2. The second kappa shape index (κ2) is 9.21. The Kier molecular flexibility index (Phi) is 6.69. The molecule has 126 valence electrons. The lowest BCUT2D eigenvalue weighted by molar-refractivity contribution is -0.120. The molecule has 0 aliphatic carbocycles. The summed E-state index contributed by atoms with van der Waals surface area (Å²) in [4.78, 5) is 23.7. The summed E-state index contributed by atoms with van der Waals surface area (Å²) in [5.41, 5.74) is 3.84. The summed E-state index contributed by atoms with van der Waals surface area (Å²) in [5, 5.41) is 15.6. The van der Waals surface area contributed by atoms with Gasteiger partial charge in [-0.05, 0) is 17.7 Å². The Labute approximate surface area is 150 Å². The molecule has 2 aromatic carbocycles. The van der Waals surface area contributed by atoms with Crippen molar-refractivity contribution in [3.05, 3.63) is 70.7 Å². The van der Waals surface area contributed by atoms with Gasteiger partial charge in [-0.3, -0.25) is 9.59 Å². The van der Waals surface area contributed by atoms with Gasteiger partial charge in [0.25, 0.3) is 11.8 Å². The second-order valence-electron chi connectivity index (χ2n) is 4.96. The lowest BCUT2D eigenvalue weighted by Gasteiger charge is -2.10. The SMILES string of the molecule is N#CCC(=O)N/N=C(/CNC(=O)c1ccccc1Cl)c1ccccc1. The molecule has 2 amide bonds. The summed E-state index contributed by atoms with van der Waals surface area (Å²) in [6.07, 6.45) is -0.294. The van der Waals surface area contributed by atoms with Gasteiger partial charge in [0.05, 0.1) is 28.9 Å². The molecule has 0 aliphatic rings. The molecule has 25 heavy (non-hydrogen) atoms. The monoisotopic (exact) mass is 354 g/mol. The number of rotatable bonds is 6. The zero-order valence-electron chi connectivity index (χ0n) is 13.2. The summed E-state index contributed by atoms with van der Waals surface area (Å²) < 4.78 is 0. The van der Waals surface area contributed by atoms with Gasteiger partial charge in [-0.25, -0.2) is 5.43 Å². The molecule has 0 bridgehead atoms. The Hall–Kier alpha value is -3.17. The number of carbonyl (C=O) groups is 2. The Morgan fingerprint density at radius 2 is 1.76 bits per heavy atom. The fourth-order valence-corrected chi connectivity index (χ4v) is 2.20. The summed E-state index contributed by atoms with van der Waals surface area (Å²) in [5.74, 6) is -0.869. The summed E-state index contributed by atoms with van der Waals surface area (Å²) in [7, 11) is 0. The second-order valence-corrected chi connectivity index (χ2v) is 5.36. The highest BCUT2D eigenvalue weighted by Gasteiger charge is 2.11. The van der Waals surface area contributed by atoms with Crippen molar-refractivity contribution in [1.29, 1.82) is 5.26 Å². The van der Waals surface area contributed by atoms with Crippen LogP contribution in [0.1, 0.15) is 22.3 Å². The van der Waals surface area contributed by atoms with E-state index in [2.05, 4.69) is 15.8 Å². The third-order valence-electron chi connectivity index (χ3n) is 3.20. The summed E-state index contributed by atoms with van der Waals surface area (Å²) >= 11 is 6.01. The van der Waals surface area contributed by atoms with Crippen molar-refractivity contribution in [1.82, 2.24) is 10.7 Å². The Balaban J connectivity index is 2.12. The minimum atomic E-state index is -0.520. The predicted octanol–water partition coefficient (Wildman–Crippen LogP) is 2.50. The lowest BCUT2D eigenvalue weighted by Crippen LogP contribution is -2.32. The van der Waals surface area contributed by atoms with Crippen LogP contribution >= 0.6 is 11.6 Å². The van der Waals surface area contributed by atoms with Crippen molar-refractivity contribution in [2.24, 2.45) is 5.10 Å². The van der Waals surface area contributed by atoms with E-state index in [1.54, 1.807) is 42.5 Å². The van der Waals surface area contributed by atoms with E-state index in [-0.39, 0.29) is 18.9 Å². The first-order valence-electron chi connectivity index (χ1n) is 7.42. The fraction of sp³-hybridized carbons (Fsp3) is 0.111. The summed E-state index contributed by atoms with van der Waals surface area (Å²) in [6.45, 7) is 0.0842. The van der Waals surface area contributed by atoms with Crippen molar-refractivity contribution in [2.75, 3.05) is 6.54 Å². The van der Waals surface area contributed by atoms with Crippen LogP contribution in [0.25, 0.3) is 0 Å². The van der Waals surface area contributed by atoms with Crippen LogP contribution in [0.3, 0.4) is 0 Å². The number of nitriles is 1. The molecule has 7 heteroatoms. The highest BCUT2D eigenvalue weighted by molar-refractivity contribution is 6.33. The molecule has 2 N–H and O–H groups in total. The van der Waals surface area contributed by atoms with Gasteiger partial charge in [0.1, 0.15) is 6.42 Å². The fourth-order valence-electron chi connectivity index (χ4n) is 1.98. The largest absolute Gasteiger partial charge is 0.346 e. The zero-order chi connectivity index (χ0) is 18.1. The normalized spacial score (nSPS) is 10.6. The lowest BCUT2D eigenvalue weighted by atomic mass is 10.1. The third kappa shape index (κ3) is 5.44. The van der Waals surface area contributed by atoms with Gasteiger partial charge in [-0.1, -0.05) is 54.1 Å². The van der Waals surface area contributed by atoms with Crippen molar-refractivity contribution in [2.45, 2.75) is 6.42 Å².